The van der Waals surface area contributed by atoms with Crippen LogP contribution in [0.2, 0.25) is 0 Å². The average Bonchev–Trinajstić information content (AvgIpc) is 2.72. The summed E-state index contributed by atoms with van der Waals surface area (Å²) in [6.45, 7) is 1.88. The van der Waals surface area contributed by atoms with Gasteiger partial charge in [-0.2, -0.15) is 4.39 Å². The number of rotatable bonds is 3. The zero-order valence-electron chi connectivity index (χ0n) is 9.27. The molecule has 0 fully saturated rings. The molecule has 1 heterocycles. The zero-order chi connectivity index (χ0) is 12.4. The highest BCUT2D eigenvalue weighted by atomic mass is 19.2. The van der Waals surface area contributed by atoms with Gasteiger partial charge in [-0.15, -0.1) is 0 Å². The second-order valence-corrected chi connectivity index (χ2v) is 3.75. The van der Waals surface area contributed by atoms with E-state index in [0.29, 0.717) is 12.0 Å². The van der Waals surface area contributed by atoms with Crippen molar-refractivity contribution < 1.29 is 17.6 Å². The van der Waals surface area contributed by atoms with E-state index in [1.807, 2.05) is 6.92 Å². The third-order valence-electron chi connectivity index (χ3n) is 2.52. The van der Waals surface area contributed by atoms with Gasteiger partial charge in [0.2, 0.25) is 0 Å². The van der Waals surface area contributed by atoms with E-state index in [9.17, 15) is 13.2 Å². The summed E-state index contributed by atoms with van der Waals surface area (Å²) >= 11 is 0. The standard InChI is InChI=1S/C13H11F3O/c1-2-3-8-4-5-9(13(16)12(8)15)10-6-7-11(14)17-10/h4-7H,2-3H2,1H3. The highest BCUT2D eigenvalue weighted by Gasteiger charge is 2.16. The fraction of sp³-hybridized carbons (Fsp3) is 0.231. The highest BCUT2D eigenvalue weighted by molar-refractivity contribution is 5.59. The van der Waals surface area contributed by atoms with Gasteiger partial charge in [-0.1, -0.05) is 19.4 Å². The molecule has 2 aromatic rings. The first-order valence-electron chi connectivity index (χ1n) is 5.36. The zero-order valence-corrected chi connectivity index (χ0v) is 9.27. The maximum atomic E-state index is 13.7. The predicted molar refractivity (Wildman–Crippen MR) is 58.0 cm³/mol. The second-order valence-electron chi connectivity index (χ2n) is 3.75. The Labute approximate surface area is 96.9 Å². The summed E-state index contributed by atoms with van der Waals surface area (Å²) in [6, 6.07) is 4.41. The maximum Gasteiger partial charge on any atom is 0.278 e. The lowest BCUT2D eigenvalue weighted by molar-refractivity contribution is 0.365. The lowest BCUT2D eigenvalue weighted by Crippen LogP contribution is -1.96. The normalized spacial score (nSPS) is 10.8. The molecule has 1 aromatic heterocycles. The van der Waals surface area contributed by atoms with Gasteiger partial charge in [0.15, 0.2) is 11.6 Å². The van der Waals surface area contributed by atoms with Gasteiger partial charge in [0, 0.05) is 6.07 Å². The number of furan rings is 1. The maximum absolute atomic E-state index is 13.7. The van der Waals surface area contributed by atoms with E-state index in [-0.39, 0.29) is 11.3 Å². The van der Waals surface area contributed by atoms with Crippen molar-refractivity contribution >= 4 is 0 Å². The molecule has 0 aliphatic rings. The van der Waals surface area contributed by atoms with Gasteiger partial charge in [0.25, 0.3) is 6.01 Å². The first-order valence-corrected chi connectivity index (χ1v) is 5.36. The molecule has 0 aliphatic heterocycles. The van der Waals surface area contributed by atoms with Crippen LogP contribution in [0.5, 0.6) is 0 Å². The van der Waals surface area contributed by atoms with E-state index < -0.39 is 17.6 Å². The van der Waals surface area contributed by atoms with Gasteiger partial charge in [0.05, 0.1) is 5.56 Å². The molecule has 0 unspecified atom stereocenters. The summed E-state index contributed by atoms with van der Waals surface area (Å²) in [7, 11) is 0. The Hall–Kier alpha value is -1.71. The molecule has 1 aromatic carbocycles. The summed E-state index contributed by atoms with van der Waals surface area (Å²) < 4.78 is 44.6. The minimum absolute atomic E-state index is 0.0121. The molecule has 0 saturated heterocycles. The van der Waals surface area contributed by atoms with Crippen LogP contribution in [0.25, 0.3) is 11.3 Å². The van der Waals surface area contributed by atoms with Crippen LogP contribution in [0.3, 0.4) is 0 Å². The van der Waals surface area contributed by atoms with Crippen LogP contribution in [-0.2, 0) is 6.42 Å². The smallest absolute Gasteiger partial charge is 0.278 e. The van der Waals surface area contributed by atoms with Crippen molar-refractivity contribution in [3.05, 3.63) is 47.5 Å². The molecular formula is C13H11F3O. The molecule has 0 aliphatic carbocycles. The van der Waals surface area contributed by atoms with Gasteiger partial charge in [-0.25, -0.2) is 8.78 Å². The van der Waals surface area contributed by atoms with Gasteiger partial charge in [-0.3, -0.25) is 0 Å². The molecule has 0 spiro atoms. The van der Waals surface area contributed by atoms with Gasteiger partial charge >= 0.3 is 0 Å². The Morgan fingerprint density at radius 2 is 1.76 bits per heavy atom. The van der Waals surface area contributed by atoms with Crippen LogP contribution in [0.4, 0.5) is 13.2 Å². The topological polar surface area (TPSA) is 13.1 Å². The van der Waals surface area contributed by atoms with Crippen LogP contribution >= 0.6 is 0 Å². The van der Waals surface area contributed by atoms with Crippen LogP contribution in [0.1, 0.15) is 18.9 Å². The molecule has 4 heteroatoms. The van der Waals surface area contributed by atoms with Crippen molar-refractivity contribution in [2.75, 3.05) is 0 Å². The number of benzene rings is 1. The molecule has 2 rings (SSSR count). The van der Waals surface area contributed by atoms with E-state index in [2.05, 4.69) is 4.42 Å². The van der Waals surface area contributed by atoms with Crippen LogP contribution < -0.4 is 0 Å². The molecule has 17 heavy (non-hydrogen) atoms. The van der Waals surface area contributed by atoms with E-state index >= 15 is 0 Å². The summed E-state index contributed by atoms with van der Waals surface area (Å²) in [5.74, 6) is -1.89. The highest BCUT2D eigenvalue weighted by Crippen LogP contribution is 2.28. The van der Waals surface area contributed by atoms with Crippen molar-refractivity contribution in [2.45, 2.75) is 19.8 Å². The first-order chi connectivity index (χ1) is 8.13. The van der Waals surface area contributed by atoms with Gasteiger partial charge in [-0.05, 0) is 24.1 Å². The van der Waals surface area contributed by atoms with Crippen LogP contribution in [0.15, 0.2) is 28.7 Å². The molecule has 0 saturated carbocycles. The molecule has 0 bridgehead atoms. The monoisotopic (exact) mass is 240 g/mol. The van der Waals surface area contributed by atoms with Crippen LogP contribution in [0, 0.1) is 17.6 Å². The number of hydrogen-bond acceptors (Lipinski definition) is 1. The van der Waals surface area contributed by atoms with Crippen molar-refractivity contribution in [3.8, 4) is 11.3 Å². The molecule has 0 radical (unpaired) electrons. The third kappa shape index (κ3) is 2.20. The molecule has 0 amide bonds. The number of halogens is 3. The Morgan fingerprint density at radius 3 is 2.35 bits per heavy atom. The Balaban J connectivity index is 2.47. The number of hydrogen-bond donors (Lipinski definition) is 0. The summed E-state index contributed by atoms with van der Waals surface area (Å²) in [4.78, 5) is 0. The third-order valence-corrected chi connectivity index (χ3v) is 2.52. The number of aryl methyl sites for hydroxylation is 1. The van der Waals surface area contributed by atoms with Crippen molar-refractivity contribution in [1.82, 2.24) is 0 Å². The van der Waals surface area contributed by atoms with Gasteiger partial charge < -0.3 is 4.42 Å². The second kappa shape index (κ2) is 4.65. The minimum Gasteiger partial charge on any atom is -0.431 e. The minimum atomic E-state index is -0.995. The molecular weight excluding hydrogens is 229 g/mol. The average molecular weight is 240 g/mol. The summed E-state index contributed by atoms with van der Waals surface area (Å²) in [5.41, 5.74) is 0.257. The van der Waals surface area contributed by atoms with Crippen LogP contribution in [-0.4, -0.2) is 0 Å². The lowest BCUT2D eigenvalue weighted by atomic mass is 10.0. The molecule has 0 atom stereocenters. The summed E-state index contributed by atoms with van der Waals surface area (Å²) in [6.07, 6.45) is 1.20. The molecule has 90 valence electrons. The van der Waals surface area contributed by atoms with Crippen molar-refractivity contribution in [2.24, 2.45) is 0 Å². The first kappa shape index (κ1) is 11.8. The molecule has 0 N–H and O–H groups in total. The van der Waals surface area contributed by atoms with Crippen molar-refractivity contribution in [1.29, 1.82) is 0 Å². The van der Waals surface area contributed by atoms with Crippen molar-refractivity contribution in [3.63, 3.8) is 0 Å². The van der Waals surface area contributed by atoms with E-state index in [1.165, 1.54) is 18.2 Å². The molecule has 1 nitrogen and oxygen atoms in total. The van der Waals surface area contributed by atoms with E-state index in [1.54, 1.807) is 0 Å². The predicted octanol–water partition coefficient (Wildman–Crippen LogP) is 4.32. The quantitative estimate of drug-likeness (QED) is 0.778. The fourth-order valence-corrected chi connectivity index (χ4v) is 1.70. The van der Waals surface area contributed by atoms with Gasteiger partial charge in [0.1, 0.15) is 5.76 Å². The lowest BCUT2D eigenvalue weighted by Gasteiger charge is -2.05. The Morgan fingerprint density at radius 1 is 1.00 bits per heavy atom. The van der Waals surface area contributed by atoms with E-state index in [0.717, 1.165) is 12.5 Å². The SMILES string of the molecule is CCCc1ccc(-c2ccc(F)o2)c(F)c1F. The largest absolute Gasteiger partial charge is 0.431 e. The fourth-order valence-electron chi connectivity index (χ4n) is 1.70. The summed E-state index contributed by atoms with van der Waals surface area (Å²) in [5, 5.41) is 0. The Kier molecular flexibility index (Phi) is 3.22. The van der Waals surface area contributed by atoms with E-state index in [4.69, 9.17) is 0 Å². The Bertz CT molecular complexity index is 531.